The molecule has 0 fully saturated rings. The standard InChI is InChI=1S/C22H16ClNO2/c23-19-12-10-16(11-13-19)15-25-24-22(17-6-2-1-3-7-17)21-14-18-8-4-5-9-20(18)26-21/h1-14H,15H2/b24-22+. The Kier molecular flexibility index (Phi) is 4.71. The van der Waals surface area contributed by atoms with Crippen LogP contribution in [0.3, 0.4) is 0 Å². The van der Waals surface area contributed by atoms with Gasteiger partial charge in [-0.15, -0.1) is 0 Å². The number of para-hydroxylation sites is 1. The molecule has 0 aliphatic carbocycles. The fourth-order valence-electron chi connectivity index (χ4n) is 2.69. The number of hydrogen-bond acceptors (Lipinski definition) is 3. The fraction of sp³-hybridized carbons (Fsp3) is 0.0455. The van der Waals surface area contributed by atoms with E-state index in [0.29, 0.717) is 23.1 Å². The van der Waals surface area contributed by atoms with Crippen molar-refractivity contribution in [3.05, 3.63) is 107 Å². The molecule has 4 aromatic rings. The molecule has 0 aliphatic rings. The van der Waals surface area contributed by atoms with Crippen molar-refractivity contribution in [2.45, 2.75) is 6.61 Å². The second kappa shape index (κ2) is 7.46. The first-order valence-electron chi connectivity index (χ1n) is 8.28. The van der Waals surface area contributed by atoms with E-state index in [0.717, 1.165) is 22.1 Å². The Morgan fingerprint density at radius 2 is 1.62 bits per heavy atom. The summed E-state index contributed by atoms with van der Waals surface area (Å²) in [5.41, 5.74) is 3.41. The molecule has 0 atom stereocenters. The summed E-state index contributed by atoms with van der Waals surface area (Å²) in [6.07, 6.45) is 0. The summed E-state index contributed by atoms with van der Waals surface area (Å²) >= 11 is 5.91. The lowest BCUT2D eigenvalue weighted by atomic mass is 10.1. The summed E-state index contributed by atoms with van der Waals surface area (Å²) in [6.45, 7) is 0.355. The maximum atomic E-state index is 5.97. The summed E-state index contributed by atoms with van der Waals surface area (Å²) < 4.78 is 5.97. The molecule has 0 unspecified atom stereocenters. The average Bonchev–Trinajstić information content (AvgIpc) is 3.11. The molecule has 0 radical (unpaired) electrons. The largest absolute Gasteiger partial charge is 0.454 e. The van der Waals surface area contributed by atoms with Crippen molar-refractivity contribution in [3.63, 3.8) is 0 Å². The van der Waals surface area contributed by atoms with Gasteiger partial charge < -0.3 is 9.25 Å². The third kappa shape index (κ3) is 3.63. The predicted molar refractivity (Wildman–Crippen MR) is 105 cm³/mol. The van der Waals surface area contributed by atoms with Gasteiger partial charge in [0.2, 0.25) is 0 Å². The minimum Gasteiger partial charge on any atom is -0.454 e. The third-order valence-electron chi connectivity index (χ3n) is 4.01. The highest BCUT2D eigenvalue weighted by molar-refractivity contribution is 6.30. The van der Waals surface area contributed by atoms with Gasteiger partial charge in [-0.3, -0.25) is 0 Å². The molecule has 0 saturated heterocycles. The highest BCUT2D eigenvalue weighted by Crippen LogP contribution is 2.22. The van der Waals surface area contributed by atoms with Gasteiger partial charge in [-0.1, -0.05) is 77.4 Å². The summed E-state index contributed by atoms with van der Waals surface area (Å²) in [7, 11) is 0. The number of benzene rings is 3. The summed E-state index contributed by atoms with van der Waals surface area (Å²) in [6, 6.07) is 27.2. The molecule has 0 amide bonds. The second-order valence-electron chi connectivity index (χ2n) is 5.85. The van der Waals surface area contributed by atoms with E-state index in [1.54, 1.807) is 0 Å². The summed E-state index contributed by atoms with van der Waals surface area (Å²) in [5.74, 6) is 0.675. The first-order chi connectivity index (χ1) is 12.8. The summed E-state index contributed by atoms with van der Waals surface area (Å²) in [5, 5.41) is 6.10. The Morgan fingerprint density at radius 3 is 2.38 bits per heavy atom. The van der Waals surface area contributed by atoms with Crippen LogP contribution in [0.2, 0.25) is 5.02 Å². The zero-order chi connectivity index (χ0) is 17.8. The number of hydrogen-bond donors (Lipinski definition) is 0. The van der Waals surface area contributed by atoms with Gasteiger partial charge in [0.1, 0.15) is 12.2 Å². The third-order valence-corrected chi connectivity index (χ3v) is 4.26. The zero-order valence-electron chi connectivity index (χ0n) is 13.9. The molecule has 0 saturated carbocycles. The monoisotopic (exact) mass is 361 g/mol. The molecule has 4 rings (SSSR count). The molecule has 0 aliphatic heterocycles. The van der Waals surface area contributed by atoms with E-state index >= 15 is 0 Å². The van der Waals surface area contributed by atoms with E-state index < -0.39 is 0 Å². The number of furan rings is 1. The molecule has 3 aromatic carbocycles. The molecule has 3 nitrogen and oxygen atoms in total. The molecular weight excluding hydrogens is 346 g/mol. The molecule has 0 N–H and O–H groups in total. The van der Waals surface area contributed by atoms with Crippen molar-refractivity contribution >= 4 is 28.3 Å². The van der Waals surface area contributed by atoms with Crippen molar-refractivity contribution in [2.24, 2.45) is 5.16 Å². The second-order valence-corrected chi connectivity index (χ2v) is 6.29. The highest BCUT2D eigenvalue weighted by Gasteiger charge is 2.13. The SMILES string of the molecule is Clc1ccc(CO/N=C(\c2ccccc2)c2cc3ccccc3o2)cc1. The fourth-order valence-corrected chi connectivity index (χ4v) is 2.81. The molecular formula is C22H16ClNO2. The van der Waals surface area contributed by atoms with Crippen LogP contribution in [-0.4, -0.2) is 5.71 Å². The van der Waals surface area contributed by atoms with E-state index in [1.165, 1.54) is 0 Å². The van der Waals surface area contributed by atoms with Crippen LogP contribution in [0.4, 0.5) is 0 Å². The van der Waals surface area contributed by atoms with Crippen molar-refractivity contribution < 1.29 is 9.25 Å². The lowest BCUT2D eigenvalue weighted by Crippen LogP contribution is -2.03. The van der Waals surface area contributed by atoms with E-state index in [-0.39, 0.29) is 0 Å². The maximum Gasteiger partial charge on any atom is 0.157 e. The van der Waals surface area contributed by atoms with Crippen molar-refractivity contribution in [3.8, 4) is 0 Å². The van der Waals surface area contributed by atoms with E-state index in [1.807, 2.05) is 84.9 Å². The van der Waals surface area contributed by atoms with Crippen molar-refractivity contribution in [1.82, 2.24) is 0 Å². The van der Waals surface area contributed by atoms with Gasteiger partial charge in [0.15, 0.2) is 11.5 Å². The number of nitrogens with zero attached hydrogens (tertiary/aromatic N) is 1. The van der Waals surface area contributed by atoms with E-state index in [4.69, 9.17) is 20.9 Å². The Hall–Kier alpha value is -3.04. The maximum absolute atomic E-state index is 5.97. The van der Waals surface area contributed by atoms with Crippen LogP contribution >= 0.6 is 11.6 Å². The van der Waals surface area contributed by atoms with Crippen LogP contribution in [0, 0.1) is 0 Å². The van der Waals surface area contributed by atoms with E-state index in [2.05, 4.69) is 5.16 Å². The molecule has 0 spiro atoms. The smallest absolute Gasteiger partial charge is 0.157 e. The van der Waals surface area contributed by atoms with Gasteiger partial charge in [0.05, 0.1) is 0 Å². The number of oxime groups is 1. The van der Waals surface area contributed by atoms with Gasteiger partial charge in [0, 0.05) is 16.0 Å². The molecule has 1 aromatic heterocycles. The Bertz CT molecular complexity index is 1000. The van der Waals surface area contributed by atoms with Gasteiger partial charge in [-0.25, -0.2) is 0 Å². The first-order valence-corrected chi connectivity index (χ1v) is 8.66. The number of fused-ring (bicyclic) bond motifs is 1. The predicted octanol–water partition coefficient (Wildman–Crippen LogP) is 6.06. The minimum absolute atomic E-state index is 0.355. The molecule has 128 valence electrons. The Morgan fingerprint density at radius 1 is 0.885 bits per heavy atom. The van der Waals surface area contributed by atoms with Crippen LogP contribution < -0.4 is 0 Å². The van der Waals surface area contributed by atoms with Crippen molar-refractivity contribution in [2.75, 3.05) is 0 Å². The zero-order valence-corrected chi connectivity index (χ0v) is 14.7. The van der Waals surface area contributed by atoms with Gasteiger partial charge in [-0.2, -0.15) is 0 Å². The van der Waals surface area contributed by atoms with E-state index in [9.17, 15) is 0 Å². The topological polar surface area (TPSA) is 34.7 Å². The Labute approximate surface area is 156 Å². The number of halogens is 1. The molecule has 26 heavy (non-hydrogen) atoms. The number of rotatable bonds is 5. The molecule has 0 bridgehead atoms. The average molecular weight is 362 g/mol. The molecule has 4 heteroatoms. The van der Waals surface area contributed by atoms with Crippen LogP contribution in [0.25, 0.3) is 11.0 Å². The van der Waals surface area contributed by atoms with Gasteiger partial charge in [-0.05, 0) is 29.8 Å². The van der Waals surface area contributed by atoms with Crippen LogP contribution in [0.15, 0.2) is 94.5 Å². The van der Waals surface area contributed by atoms with Gasteiger partial charge in [0.25, 0.3) is 0 Å². The Balaban J connectivity index is 1.65. The molecule has 1 heterocycles. The lowest BCUT2D eigenvalue weighted by Gasteiger charge is -2.05. The van der Waals surface area contributed by atoms with Crippen LogP contribution in [-0.2, 0) is 11.4 Å². The highest BCUT2D eigenvalue weighted by atomic mass is 35.5. The summed E-state index contributed by atoms with van der Waals surface area (Å²) in [4.78, 5) is 5.61. The first kappa shape index (κ1) is 16.4. The minimum atomic E-state index is 0.355. The van der Waals surface area contributed by atoms with Gasteiger partial charge >= 0.3 is 0 Å². The quantitative estimate of drug-likeness (QED) is 0.320. The van der Waals surface area contributed by atoms with Crippen molar-refractivity contribution in [1.29, 1.82) is 0 Å². The lowest BCUT2D eigenvalue weighted by molar-refractivity contribution is 0.130. The van der Waals surface area contributed by atoms with Crippen LogP contribution in [0.1, 0.15) is 16.9 Å². The normalized spacial score (nSPS) is 11.7. The van der Waals surface area contributed by atoms with Crippen LogP contribution in [0.5, 0.6) is 0 Å².